The standard InChI is InChI=1S/C14H13N5O/c1-8-7-9(2)16-13(15-8)19-14-17-11-6-4-3-5-10(11)12(20)18-14/h3-7H,1-2H3,(H2,15,16,17,18,19,20). The number of nitrogens with one attached hydrogen (secondary N) is 2. The summed E-state index contributed by atoms with van der Waals surface area (Å²) < 4.78 is 0. The summed E-state index contributed by atoms with van der Waals surface area (Å²) in [5, 5.41) is 3.48. The summed E-state index contributed by atoms with van der Waals surface area (Å²) in [6.45, 7) is 3.77. The number of benzene rings is 1. The largest absolute Gasteiger partial charge is 0.325 e. The van der Waals surface area contributed by atoms with E-state index in [0.29, 0.717) is 17.3 Å². The van der Waals surface area contributed by atoms with Gasteiger partial charge in [-0.25, -0.2) is 9.97 Å². The van der Waals surface area contributed by atoms with E-state index in [2.05, 4.69) is 25.3 Å². The summed E-state index contributed by atoms with van der Waals surface area (Å²) in [5.74, 6) is 0.750. The molecule has 0 aliphatic rings. The van der Waals surface area contributed by atoms with E-state index in [1.807, 2.05) is 32.0 Å². The molecule has 3 rings (SSSR count). The van der Waals surface area contributed by atoms with Crippen LogP contribution in [0.1, 0.15) is 11.4 Å². The predicted molar refractivity (Wildman–Crippen MR) is 77.2 cm³/mol. The van der Waals surface area contributed by atoms with Crippen molar-refractivity contribution in [3.8, 4) is 0 Å². The fourth-order valence-electron chi connectivity index (χ4n) is 2.04. The van der Waals surface area contributed by atoms with Crippen molar-refractivity contribution in [1.29, 1.82) is 0 Å². The summed E-state index contributed by atoms with van der Waals surface area (Å²) >= 11 is 0. The lowest BCUT2D eigenvalue weighted by Crippen LogP contribution is -2.12. The van der Waals surface area contributed by atoms with Gasteiger partial charge in [0.2, 0.25) is 11.9 Å². The van der Waals surface area contributed by atoms with E-state index < -0.39 is 0 Å². The molecule has 0 aliphatic carbocycles. The first-order valence-corrected chi connectivity index (χ1v) is 6.20. The molecule has 0 spiro atoms. The van der Waals surface area contributed by atoms with Crippen molar-refractivity contribution < 1.29 is 0 Å². The quantitative estimate of drug-likeness (QED) is 0.742. The Morgan fingerprint density at radius 1 is 1.05 bits per heavy atom. The molecule has 0 atom stereocenters. The van der Waals surface area contributed by atoms with Crippen molar-refractivity contribution in [3.05, 3.63) is 52.1 Å². The molecule has 0 radical (unpaired) electrons. The molecule has 100 valence electrons. The van der Waals surface area contributed by atoms with Crippen LogP contribution in [-0.4, -0.2) is 19.9 Å². The molecular weight excluding hydrogens is 254 g/mol. The van der Waals surface area contributed by atoms with Gasteiger partial charge in [-0.3, -0.25) is 10.1 Å². The summed E-state index contributed by atoms with van der Waals surface area (Å²) in [5.41, 5.74) is 2.14. The number of anilines is 2. The Hall–Kier alpha value is -2.76. The average Bonchev–Trinajstić information content (AvgIpc) is 2.37. The molecule has 0 saturated carbocycles. The van der Waals surface area contributed by atoms with Gasteiger partial charge < -0.3 is 4.98 Å². The first kappa shape index (κ1) is 12.3. The normalized spacial score (nSPS) is 10.7. The van der Waals surface area contributed by atoms with Crippen LogP contribution < -0.4 is 10.9 Å². The van der Waals surface area contributed by atoms with Gasteiger partial charge in [0.05, 0.1) is 10.9 Å². The van der Waals surface area contributed by atoms with Crippen molar-refractivity contribution in [1.82, 2.24) is 19.9 Å². The third kappa shape index (κ3) is 2.35. The van der Waals surface area contributed by atoms with Crippen LogP contribution >= 0.6 is 0 Å². The minimum Gasteiger partial charge on any atom is -0.325 e. The van der Waals surface area contributed by atoms with Crippen molar-refractivity contribution in [2.24, 2.45) is 0 Å². The zero-order chi connectivity index (χ0) is 14.1. The Bertz CT molecular complexity index is 820. The second-order valence-electron chi connectivity index (χ2n) is 4.54. The zero-order valence-electron chi connectivity index (χ0n) is 11.1. The highest BCUT2D eigenvalue weighted by molar-refractivity contribution is 5.78. The lowest BCUT2D eigenvalue weighted by molar-refractivity contribution is 1.04. The number of rotatable bonds is 2. The van der Waals surface area contributed by atoms with E-state index >= 15 is 0 Å². The Balaban J connectivity index is 2.04. The first-order chi connectivity index (χ1) is 9.61. The van der Waals surface area contributed by atoms with E-state index in [1.165, 1.54) is 0 Å². The molecule has 6 heteroatoms. The SMILES string of the molecule is Cc1cc(C)nc(Nc2nc(=O)c3ccccc3[nH]2)n1. The van der Waals surface area contributed by atoms with Gasteiger partial charge in [0.15, 0.2) is 0 Å². The predicted octanol–water partition coefficient (Wildman–Crippen LogP) is 2.07. The molecule has 2 heterocycles. The van der Waals surface area contributed by atoms with Crippen LogP contribution in [0.5, 0.6) is 0 Å². The Morgan fingerprint density at radius 2 is 1.75 bits per heavy atom. The summed E-state index contributed by atoms with van der Waals surface area (Å²) in [6, 6.07) is 9.10. The molecule has 1 aromatic carbocycles. The smallest absolute Gasteiger partial charge is 0.282 e. The summed E-state index contributed by atoms with van der Waals surface area (Å²) in [7, 11) is 0. The van der Waals surface area contributed by atoms with Gasteiger partial charge in [-0.2, -0.15) is 4.98 Å². The number of para-hydroxylation sites is 1. The van der Waals surface area contributed by atoms with Gasteiger partial charge >= 0.3 is 0 Å². The number of aryl methyl sites for hydroxylation is 2. The summed E-state index contributed by atoms with van der Waals surface area (Å²) in [6.07, 6.45) is 0. The monoisotopic (exact) mass is 267 g/mol. The van der Waals surface area contributed by atoms with Gasteiger partial charge in [0.25, 0.3) is 5.56 Å². The number of H-pyrrole nitrogens is 1. The Morgan fingerprint density at radius 3 is 2.50 bits per heavy atom. The average molecular weight is 267 g/mol. The molecular formula is C14H13N5O. The van der Waals surface area contributed by atoms with E-state index in [0.717, 1.165) is 16.9 Å². The molecule has 2 aromatic heterocycles. The Kier molecular flexibility index (Phi) is 2.90. The van der Waals surface area contributed by atoms with Crippen molar-refractivity contribution in [3.63, 3.8) is 0 Å². The molecule has 0 unspecified atom stereocenters. The van der Waals surface area contributed by atoms with Crippen molar-refractivity contribution in [2.45, 2.75) is 13.8 Å². The Labute approximate surface area is 114 Å². The second-order valence-corrected chi connectivity index (χ2v) is 4.54. The number of aromatic amines is 1. The van der Waals surface area contributed by atoms with Crippen LogP contribution in [0.2, 0.25) is 0 Å². The van der Waals surface area contributed by atoms with Crippen molar-refractivity contribution >= 4 is 22.8 Å². The minimum atomic E-state index is -0.286. The molecule has 2 N–H and O–H groups in total. The first-order valence-electron chi connectivity index (χ1n) is 6.20. The molecule has 20 heavy (non-hydrogen) atoms. The minimum absolute atomic E-state index is 0.286. The van der Waals surface area contributed by atoms with Crippen LogP contribution in [0.3, 0.4) is 0 Å². The number of aromatic nitrogens is 4. The fraction of sp³-hybridized carbons (Fsp3) is 0.143. The van der Waals surface area contributed by atoms with Crippen LogP contribution in [0.4, 0.5) is 11.9 Å². The van der Waals surface area contributed by atoms with Gasteiger partial charge in [0.1, 0.15) is 0 Å². The highest BCUT2D eigenvalue weighted by atomic mass is 16.1. The topological polar surface area (TPSA) is 83.6 Å². The molecule has 6 nitrogen and oxygen atoms in total. The zero-order valence-corrected chi connectivity index (χ0v) is 11.1. The van der Waals surface area contributed by atoms with Crippen LogP contribution in [0.15, 0.2) is 35.1 Å². The van der Waals surface area contributed by atoms with E-state index in [9.17, 15) is 4.79 Å². The number of hydrogen-bond acceptors (Lipinski definition) is 5. The van der Waals surface area contributed by atoms with Gasteiger partial charge in [-0.1, -0.05) is 12.1 Å². The van der Waals surface area contributed by atoms with E-state index in [4.69, 9.17) is 0 Å². The molecule has 0 aliphatic heterocycles. The summed E-state index contributed by atoms with van der Waals surface area (Å²) in [4.78, 5) is 27.4. The van der Waals surface area contributed by atoms with Crippen LogP contribution in [0.25, 0.3) is 10.9 Å². The van der Waals surface area contributed by atoms with Gasteiger partial charge in [-0.05, 0) is 32.0 Å². The second kappa shape index (κ2) is 4.73. The number of nitrogens with zero attached hydrogens (tertiary/aromatic N) is 3. The lowest BCUT2D eigenvalue weighted by Gasteiger charge is -2.06. The fourth-order valence-corrected chi connectivity index (χ4v) is 2.04. The van der Waals surface area contributed by atoms with E-state index in [1.54, 1.807) is 12.1 Å². The number of hydrogen-bond donors (Lipinski definition) is 2. The molecule has 0 fully saturated rings. The van der Waals surface area contributed by atoms with E-state index in [-0.39, 0.29) is 5.56 Å². The molecule has 0 bridgehead atoms. The number of fused-ring (bicyclic) bond motifs is 1. The maximum absolute atomic E-state index is 11.9. The van der Waals surface area contributed by atoms with Crippen molar-refractivity contribution in [2.75, 3.05) is 5.32 Å². The molecule has 0 amide bonds. The maximum Gasteiger partial charge on any atom is 0.282 e. The van der Waals surface area contributed by atoms with Crippen LogP contribution in [-0.2, 0) is 0 Å². The third-order valence-electron chi connectivity index (χ3n) is 2.84. The highest BCUT2D eigenvalue weighted by Gasteiger charge is 2.05. The molecule has 0 saturated heterocycles. The van der Waals surface area contributed by atoms with Crippen LogP contribution in [0, 0.1) is 13.8 Å². The third-order valence-corrected chi connectivity index (χ3v) is 2.84. The molecule has 3 aromatic rings. The maximum atomic E-state index is 11.9. The van der Waals surface area contributed by atoms with Gasteiger partial charge in [-0.15, -0.1) is 0 Å². The lowest BCUT2D eigenvalue weighted by atomic mass is 10.2. The van der Waals surface area contributed by atoms with Gasteiger partial charge in [0, 0.05) is 11.4 Å². The highest BCUT2D eigenvalue weighted by Crippen LogP contribution is 2.11.